The van der Waals surface area contributed by atoms with Crippen LogP contribution in [-0.4, -0.2) is 26.3 Å². The Morgan fingerprint density at radius 1 is 1.32 bits per heavy atom. The lowest BCUT2D eigenvalue weighted by atomic mass is 10.2. The van der Waals surface area contributed by atoms with E-state index in [1.807, 2.05) is 0 Å². The molecule has 0 spiro atoms. The van der Waals surface area contributed by atoms with Crippen LogP contribution in [0, 0.1) is 0 Å². The predicted molar refractivity (Wildman–Crippen MR) is 69.6 cm³/mol. The largest absolute Gasteiger partial charge is 0.490 e. The number of alkyl halides is 2. The fourth-order valence-electron chi connectivity index (χ4n) is 1.58. The Morgan fingerprint density at radius 2 is 2.11 bits per heavy atom. The third kappa shape index (κ3) is 5.85. The maximum Gasteiger partial charge on any atom is 0.387 e. The SMILES string of the molecule is CCOc1cc(CNCCCN)ccc1OC(F)F. The van der Waals surface area contributed by atoms with Crippen LogP contribution >= 0.6 is 0 Å². The lowest BCUT2D eigenvalue weighted by molar-refractivity contribution is -0.0514. The number of halogens is 2. The highest BCUT2D eigenvalue weighted by atomic mass is 19.3. The molecule has 6 heteroatoms. The number of rotatable bonds is 9. The van der Waals surface area contributed by atoms with Crippen molar-refractivity contribution in [2.75, 3.05) is 19.7 Å². The lowest BCUT2D eigenvalue weighted by Gasteiger charge is -2.13. The molecular weight excluding hydrogens is 254 g/mol. The van der Waals surface area contributed by atoms with Crippen molar-refractivity contribution < 1.29 is 18.3 Å². The van der Waals surface area contributed by atoms with Crippen LogP contribution in [0.25, 0.3) is 0 Å². The van der Waals surface area contributed by atoms with Crippen molar-refractivity contribution >= 4 is 0 Å². The molecule has 0 aliphatic heterocycles. The van der Waals surface area contributed by atoms with Gasteiger partial charge in [0.1, 0.15) is 0 Å². The number of benzene rings is 1. The van der Waals surface area contributed by atoms with Crippen LogP contribution in [0.5, 0.6) is 11.5 Å². The first-order valence-electron chi connectivity index (χ1n) is 6.28. The van der Waals surface area contributed by atoms with E-state index >= 15 is 0 Å². The van der Waals surface area contributed by atoms with Crippen molar-refractivity contribution in [1.82, 2.24) is 5.32 Å². The van der Waals surface area contributed by atoms with E-state index in [2.05, 4.69) is 10.1 Å². The first-order chi connectivity index (χ1) is 9.17. The highest BCUT2D eigenvalue weighted by molar-refractivity contribution is 5.43. The fourth-order valence-corrected chi connectivity index (χ4v) is 1.58. The zero-order chi connectivity index (χ0) is 14.1. The number of ether oxygens (including phenoxy) is 2. The molecule has 1 aromatic rings. The zero-order valence-electron chi connectivity index (χ0n) is 11.0. The molecule has 108 valence electrons. The Hall–Kier alpha value is -1.40. The maximum absolute atomic E-state index is 12.2. The molecule has 0 saturated carbocycles. The zero-order valence-corrected chi connectivity index (χ0v) is 11.0. The third-order valence-corrected chi connectivity index (χ3v) is 2.41. The van der Waals surface area contributed by atoms with Crippen molar-refractivity contribution in [3.8, 4) is 11.5 Å². The van der Waals surface area contributed by atoms with Crippen LogP contribution < -0.4 is 20.5 Å². The van der Waals surface area contributed by atoms with E-state index in [0.717, 1.165) is 18.5 Å². The van der Waals surface area contributed by atoms with E-state index < -0.39 is 6.61 Å². The van der Waals surface area contributed by atoms with Gasteiger partial charge < -0.3 is 20.5 Å². The van der Waals surface area contributed by atoms with Crippen LogP contribution in [0.2, 0.25) is 0 Å². The molecule has 0 saturated heterocycles. The lowest BCUT2D eigenvalue weighted by Crippen LogP contribution is -2.17. The van der Waals surface area contributed by atoms with E-state index in [4.69, 9.17) is 10.5 Å². The van der Waals surface area contributed by atoms with Gasteiger partial charge in [0.15, 0.2) is 11.5 Å². The van der Waals surface area contributed by atoms with Gasteiger partial charge in [-0.15, -0.1) is 0 Å². The van der Waals surface area contributed by atoms with E-state index in [1.54, 1.807) is 19.1 Å². The highest BCUT2D eigenvalue weighted by Gasteiger charge is 2.11. The molecule has 0 fully saturated rings. The van der Waals surface area contributed by atoms with Gasteiger partial charge >= 0.3 is 6.61 Å². The molecule has 19 heavy (non-hydrogen) atoms. The molecule has 4 nitrogen and oxygen atoms in total. The smallest absolute Gasteiger partial charge is 0.387 e. The molecule has 0 aromatic heterocycles. The summed E-state index contributed by atoms with van der Waals surface area (Å²) in [5, 5.41) is 3.21. The summed E-state index contributed by atoms with van der Waals surface area (Å²) in [6, 6.07) is 4.93. The number of hydrogen-bond donors (Lipinski definition) is 2. The summed E-state index contributed by atoms with van der Waals surface area (Å²) in [5.41, 5.74) is 6.34. The summed E-state index contributed by atoms with van der Waals surface area (Å²) < 4.78 is 34.2. The molecule has 0 radical (unpaired) electrons. The molecule has 3 N–H and O–H groups in total. The average molecular weight is 274 g/mol. The normalized spacial score (nSPS) is 10.8. The van der Waals surface area contributed by atoms with Gasteiger partial charge in [-0.3, -0.25) is 0 Å². The first-order valence-corrected chi connectivity index (χ1v) is 6.28. The quantitative estimate of drug-likeness (QED) is 0.677. The Bertz CT molecular complexity index is 376. The predicted octanol–water partition coefficient (Wildman–Crippen LogP) is 2.13. The van der Waals surface area contributed by atoms with Crippen LogP contribution in [-0.2, 0) is 6.54 Å². The van der Waals surface area contributed by atoms with Gasteiger partial charge in [0, 0.05) is 6.54 Å². The second-order valence-corrected chi connectivity index (χ2v) is 3.91. The monoisotopic (exact) mass is 274 g/mol. The first kappa shape index (κ1) is 15.7. The summed E-state index contributed by atoms with van der Waals surface area (Å²) in [7, 11) is 0. The summed E-state index contributed by atoms with van der Waals surface area (Å²) in [6.07, 6.45) is 0.894. The Balaban J connectivity index is 2.66. The van der Waals surface area contributed by atoms with Gasteiger partial charge in [0.05, 0.1) is 6.61 Å². The Kier molecular flexibility index (Phi) is 7.14. The van der Waals surface area contributed by atoms with E-state index in [1.165, 1.54) is 6.07 Å². The van der Waals surface area contributed by atoms with Crippen molar-refractivity contribution in [2.45, 2.75) is 26.5 Å². The number of nitrogens with one attached hydrogen (secondary N) is 1. The summed E-state index contributed by atoms with van der Waals surface area (Å²) in [6.45, 7) is 1.42. The summed E-state index contributed by atoms with van der Waals surface area (Å²) in [5.74, 6) is 0.392. The van der Waals surface area contributed by atoms with E-state index in [0.29, 0.717) is 25.4 Å². The van der Waals surface area contributed by atoms with Crippen molar-refractivity contribution in [2.24, 2.45) is 5.73 Å². The summed E-state index contributed by atoms with van der Waals surface area (Å²) in [4.78, 5) is 0. The third-order valence-electron chi connectivity index (χ3n) is 2.41. The van der Waals surface area contributed by atoms with Gasteiger partial charge in [-0.1, -0.05) is 6.07 Å². The van der Waals surface area contributed by atoms with Gasteiger partial charge in [0.2, 0.25) is 0 Å². The standard InChI is InChI=1S/C13H20F2N2O2/c1-2-18-12-8-10(9-17-7-3-6-16)4-5-11(12)19-13(14)15/h4-5,8,13,17H,2-3,6-7,9,16H2,1H3. The molecule has 0 aliphatic rings. The second-order valence-electron chi connectivity index (χ2n) is 3.91. The fraction of sp³-hybridized carbons (Fsp3) is 0.538. The van der Waals surface area contributed by atoms with Gasteiger partial charge in [-0.05, 0) is 44.1 Å². The number of hydrogen-bond acceptors (Lipinski definition) is 4. The Labute approximate surface area is 111 Å². The number of nitrogens with two attached hydrogens (primary N) is 1. The molecule has 1 rings (SSSR count). The molecular formula is C13H20F2N2O2. The van der Waals surface area contributed by atoms with Crippen LogP contribution in [0.3, 0.4) is 0 Å². The molecule has 0 unspecified atom stereocenters. The minimum absolute atomic E-state index is 0.0579. The van der Waals surface area contributed by atoms with Gasteiger partial charge in [-0.25, -0.2) is 0 Å². The van der Waals surface area contributed by atoms with Gasteiger partial charge in [-0.2, -0.15) is 8.78 Å². The van der Waals surface area contributed by atoms with Crippen molar-refractivity contribution in [1.29, 1.82) is 0 Å². The maximum atomic E-state index is 12.2. The van der Waals surface area contributed by atoms with Crippen molar-refractivity contribution in [3.05, 3.63) is 23.8 Å². The molecule has 1 aromatic carbocycles. The van der Waals surface area contributed by atoms with Crippen molar-refractivity contribution in [3.63, 3.8) is 0 Å². The molecule has 0 amide bonds. The highest BCUT2D eigenvalue weighted by Crippen LogP contribution is 2.29. The minimum atomic E-state index is -2.85. The van der Waals surface area contributed by atoms with E-state index in [9.17, 15) is 8.78 Å². The molecule has 0 bridgehead atoms. The Morgan fingerprint density at radius 3 is 2.74 bits per heavy atom. The second kappa shape index (κ2) is 8.66. The molecule has 0 aliphatic carbocycles. The minimum Gasteiger partial charge on any atom is -0.490 e. The topological polar surface area (TPSA) is 56.5 Å². The average Bonchev–Trinajstić information content (AvgIpc) is 2.37. The van der Waals surface area contributed by atoms with Gasteiger partial charge in [0.25, 0.3) is 0 Å². The van der Waals surface area contributed by atoms with Crippen LogP contribution in [0.1, 0.15) is 18.9 Å². The van der Waals surface area contributed by atoms with E-state index in [-0.39, 0.29) is 5.75 Å². The summed E-state index contributed by atoms with van der Waals surface area (Å²) >= 11 is 0. The van der Waals surface area contributed by atoms with Crippen LogP contribution in [0.4, 0.5) is 8.78 Å². The molecule has 0 atom stereocenters. The molecule has 0 heterocycles. The van der Waals surface area contributed by atoms with Crippen LogP contribution in [0.15, 0.2) is 18.2 Å².